The van der Waals surface area contributed by atoms with Crippen molar-refractivity contribution in [3.63, 3.8) is 0 Å². The van der Waals surface area contributed by atoms with Gasteiger partial charge in [-0.1, -0.05) is 6.07 Å². The first-order chi connectivity index (χ1) is 12.7. The Balaban J connectivity index is 0.000000321. The van der Waals surface area contributed by atoms with Crippen molar-refractivity contribution >= 4 is 61.0 Å². The number of primary amides is 1. The smallest absolute Gasteiger partial charge is 0.337 e. The van der Waals surface area contributed by atoms with Crippen LogP contribution in [0.4, 0.5) is 4.79 Å². The molecule has 0 fully saturated rings. The van der Waals surface area contributed by atoms with Crippen LogP contribution in [0.1, 0.15) is 10.4 Å². The molecule has 2 amide bonds. The highest BCUT2D eigenvalue weighted by Gasteiger charge is 2.15. The van der Waals surface area contributed by atoms with E-state index in [0.717, 1.165) is 9.58 Å². The Labute approximate surface area is 169 Å². The molecule has 140 valence electrons. The topological polar surface area (TPSA) is 139 Å². The van der Waals surface area contributed by atoms with Crippen molar-refractivity contribution in [1.82, 2.24) is 15.0 Å². The number of carbonyl (C=O) groups is 2. The van der Waals surface area contributed by atoms with Gasteiger partial charge in [-0.2, -0.15) is 5.01 Å². The highest BCUT2D eigenvalue weighted by molar-refractivity contribution is 9.10. The SMILES string of the molecule is CN(N=O)C(N)=O.O=C(O)c1cccc2sc(-c3nc(Cl)ncc3Br)cc12. The van der Waals surface area contributed by atoms with Gasteiger partial charge in [0.25, 0.3) is 0 Å². The average molecular weight is 473 g/mol. The van der Waals surface area contributed by atoms with Crippen LogP contribution in [-0.4, -0.2) is 39.1 Å². The van der Waals surface area contributed by atoms with Crippen LogP contribution in [0.2, 0.25) is 5.28 Å². The van der Waals surface area contributed by atoms with Gasteiger partial charge in [-0.25, -0.2) is 19.6 Å². The summed E-state index contributed by atoms with van der Waals surface area (Å²) in [5.41, 5.74) is 5.47. The molecular formula is C15H11BrClN5O4S. The van der Waals surface area contributed by atoms with Crippen LogP contribution in [0, 0.1) is 4.91 Å². The maximum atomic E-state index is 11.2. The summed E-state index contributed by atoms with van der Waals surface area (Å²) < 4.78 is 1.60. The van der Waals surface area contributed by atoms with Gasteiger partial charge in [-0.15, -0.1) is 16.2 Å². The number of nitroso groups, excluding NO2 is 1. The summed E-state index contributed by atoms with van der Waals surface area (Å²) in [5, 5.41) is 12.8. The largest absolute Gasteiger partial charge is 0.478 e. The predicted molar refractivity (Wildman–Crippen MR) is 106 cm³/mol. The third kappa shape index (κ3) is 4.96. The summed E-state index contributed by atoms with van der Waals surface area (Å²) in [6.07, 6.45) is 1.58. The number of hydrogen-bond acceptors (Lipinski definition) is 7. The number of rotatable bonds is 3. The van der Waals surface area contributed by atoms with Crippen molar-refractivity contribution in [3.05, 3.63) is 50.7 Å². The molecule has 0 atom stereocenters. The maximum Gasteiger partial charge on any atom is 0.337 e. The lowest BCUT2D eigenvalue weighted by atomic mass is 10.1. The van der Waals surface area contributed by atoms with Crippen LogP contribution >= 0.6 is 38.9 Å². The summed E-state index contributed by atoms with van der Waals surface area (Å²) in [4.78, 5) is 39.2. The Bertz CT molecular complexity index is 1030. The number of amides is 2. The molecule has 9 nitrogen and oxygen atoms in total. The number of benzene rings is 1. The average Bonchev–Trinajstić information content (AvgIpc) is 3.07. The van der Waals surface area contributed by atoms with Gasteiger partial charge in [0.15, 0.2) is 0 Å². The van der Waals surface area contributed by atoms with Crippen LogP contribution in [0.15, 0.2) is 40.2 Å². The van der Waals surface area contributed by atoms with Crippen LogP contribution < -0.4 is 5.73 Å². The number of carbonyl (C=O) groups excluding carboxylic acids is 1. The third-order valence-electron chi connectivity index (χ3n) is 3.18. The maximum absolute atomic E-state index is 11.2. The second-order valence-electron chi connectivity index (χ2n) is 4.91. The zero-order chi connectivity index (χ0) is 20.1. The van der Waals surface area contributed by atoms with Gasteiger partial charge in [-0.3, -0.25) is 0 Å². The highest BCUT2D eigenvalue weighted by atomic mass is 79.9. The van der Waals surface area contributed by atoms with Gasteiger partial charge in [0.1, 0.15) is 0 Å². The predicted octanol–water partition coefficient (Wildman–Crippen LogP) is 4.15. The first kappa shape index (κ1) is 20.7. The Hall–Kier alpha value is -2.63. The van der Waals surface area contributed by atoms with Gasteiger partial charge >= 0.3 is 12.0 Å². The fraction of sp³-hybridized carbons (Fsp3) is 0.0667. The zero-order valence-corrected chi connectivity index (χ0v) is 16.7. The molecule has 0 bridgehead atoms. The number of aromatic carboxylic acids is 1. The van der Waals surface area contributed by atoms with E-state index in [0.29, 0.717) is 20.6 Å². The quantitative estimate of drug-likeness (QED) is 0.333. The molecule has 0 saturated carbocycles. The van der Waals surface area contributed by atoms with E-state index in [9.17, 15) is 19.6 Å². The van der Waals surface area contributed by atoms with E-state index in [1.807, 2.05) is 12.1 Å². The molecule has 0 unspecified atom stereocenters. The molecule has 0 aliphatic carbocycles. The minimum absolute atomic E-state index is 0.152. The lowest BCUT2D eigenvalue weighted by Gasteiger charge is -1.99. The lowest BCUT2D eigenvalue weighted by molar-refractivity contribution is 0.0699. The number of nitrogens with zero attached hydrogens (tertiary/aromatic N) is 4. The molecule has 2 heterocycles. The summed E-state index contributed by atoms with van der Waals surface area (Å²) in [6, 6.07) is 6.16. The monoisotopic (exact) mass is 471 g/mol. The first-order valence-electron chi connectivity index (χ1n) is 7.05. The molecule has 3 aromatic rings. The normalized spacial score (nSPS) is 10.0. The molecule has 0 radical (unpaired) electrons. The molecule has 0 saturated heterocycles. The molecular weight excluding hydrogens is 462 g/mol. The number of fused-ring (bicyclic) bond motifs is 1. The molecule has 27 heavy (non-hydrogen) atoms. The van der Waals surface area contributed by atoms with Crippen LogP contribution in [0.25, 0.3) is 20.7 Å². The van der Waals surface area contributed by atoms with Crippen molar-refractivity contribution in [2.45, 2.75) is 0 Å². The van der Waals surface area contributed by atoms with Crippen molar-refractivity contribution in [1.29, 1.82) is 0 Å². The fourth-order valence-corrected chi connectivity index (χ4v) is 3.68. The third-order valence-corrected chi connectivity index (χ3v) is 5.05. The van der Waals surface area contributed by atoms with Crippen LogP contribution in [0.3, 0.4) is 0 Å². The van der Waals surface area contributed by atoms with Crippen molar-refractivity contribution in [2.24, 2.45) is 11.0 Å². The molecule has 3 rings (SSSR count). The second kappa shape index (κ2) is 8.84. The number of urea groups is 1. The molecule has 12 heteroatoms. The van der Waals surface area contributed by atoms with Gasteiger partial charge < -0.3 is 10.8 Å². The Morgan fingerprint density at radius 2 is 2.11 bits per heavy atom. The minimum atomic E-state index is -0.945. The van der Waals surface area contributed by atoms with E-state index in [-0.39, 0.29) is 10.8 Å². The van der Waals surface area contributed by atoms with Gasteiger partial charge in [-0.05, 0) is 45.7 Å². The Kier molecular flexibility index (Phi) is 6.77. The highest BCUT2D eigenvalue weighted by Crippen LogP contribution is 2.37. The fourth-order valence-electron chi connectivity index (χ4n) is 1.92. The standard InChI is InChI=1S/C13H6BrClN2O2S.C2H5N3O2/c14-8-5-16-13(15)17-11(8)10-4-7-6(12(18)19)2-1-3-9(7)20-10;1-5(4-7)2(3)6/h1-5H,(H,18,19);1H3,(H2,3,6). The number of carboxylic acid groups (broad SMARTS) is 1. The van der Waals surface area contributed by atoms with E-state index < -0.39 is 12.0 Å². The van der Waals surface area contributed by atoms with Crippen molar-refractivity contribution < 1.29 is 14.7 Å². The van der Waals surface area contributed by atoms with Gasteiger partial charge in [0, 0.05) is 23.3 Å². The summed E-state index contributed by atoms with van der Waals surface area (Å²) >= 11 is 10.7. The molecule has 0 aliphatic heterocycles. The second-order valence-corrected chi connectivity index (χ2v) is 7.19. The molecule has 0 aliphatic rings. The number of nitrogens with two attached hydrogens (primary N) is 1. The molecule has 1 aromatic carbocycles. The van der Waals surface area contributed by atoms with Crippen molar-refractivity contribution in [3.8, 4) is 10.6 Å². The zero-order valence-electron chi connectivity index (χ0n) is 13.6. The summed E-state index contributed by atoms with van der Waals surface area (Å²) in [6.45, 7) is 0. The Morgan fingerprint density at radius 3 is 2.67 bits per heavy atom. The number of thiophene rings is 1. The summed E-state index contributed by atoms with van der Waals surface area (Å²) in [5.74, 6) is -0.945. The number of halogens is 2. The lowest BCUT2D eigenvalue weighted by Crippen LogP contribution is -2.26. The number of aromatic nitrogens is 2. The van der Waals surface area contributed by atoms with E-state index >= 15 is 0 Å². The number of carboxylic acids is 1. The number of hydrogen-bond donors (Lipinski definition) is 2. The van der Waals surface area contributed by atoms with Gasteiger partial charge in [0.2, 0.25) is 5.28 Å². The summed E-state index contributed by atoms with van der Waals surface area (Å²) in [7, 11) is 1.18. The molecule has 0 spiro atoms. The Morgan fingerprint density at radius 1 is 1.41 bits per heavy atom. The van der Waals surface area contributed by atoms with E-state index in [1.165, 1.54) is 18.4 Å². The minimum Gasteiger partial charge on any atom is -0.478 e. The van der Waals surface area contributed by atoms with Crippen molar-refractivity contribution in [2.75, 3.05) is 7.05 Å². The van der Waals surface area contributed by atoms with E-state index in [1.54, 1.807) is 18.3 Å². The van der Waals surface area contributed by atoms with Crippen LogP contribution in [-0.2, 0) is 0 Å². The first-order valence-corrected chi connectivity index (χ1v) is 9.04. The van der Waals surface area contributed by atoms with Crippen LogP contribution in [0.5, 0.6) is 0 Å². The molecule has 2 aromatic heterocycles. The van der Waals surface area contributed by atoms with E-state index in [4.69, 9.17) is 11.6 Å². The van der Waals surface area contributed by atoms with E-state index in [2.05, 4.69) is 36.9 Å². The van der Waals surface area contributed by atoms with Gasteiger partial charge in [0.05, 0.1) is 25.9 Å². The molecule has 3 N–H and O–H groups in total.